The Bertz CT molecular complexity index is 704. The van der Waals surface area contributed by atoms with E-state index in [0.29, 0.717) is 17.9 Å². The fourth-order valence-corrected chi connectivity index (χ4v) is 3.15. The van der Waals surface area contributed by atoms with Gasteiger partial charge in [0.25, 0.3) is 16.9 Å². The molecule has 148 valence electrons. The Labute approximate surface area is 157 Å². The van der Waals surface area contributed by atoms with E-state index in [1.165, 1.54) is 0 Å². The summed E-state index contributed by atoms with van der Waals surface area (Å²) < 4.78 is 5.86. The Morgan fingerprint density at radius 1 is 1.22 bits per heavy atom. The number of fused-ring (bicyclic) bond motifs is 1. The van der Waals surface area contributed by atoms with E-state index in [-0.39, 0.29) is 31.2 Å². The normalized spacial score (nSPS) is 14.4. The van der Waals surface area contributed by atoms with Crippen LogP contribution in [0.25, 0.3) is 0 Å². The lowest BCUT2D eigenvalue weighted by Gasteiger charge is -2.26. The highest BCUT2D eigenvalue weighted by molar-refractivity contribution is 6.22. The van der Waals surface area contributed by atoms with Gasteiger partial charge in [0.05, 0.1) is 17.7 Å². The van der Waals surface area contributed by atoms with Crippen LogP contribution in [-0.2, 0) is 4.84 Å². The summed E-state index contributed by atoms with van der Waals surface area (Å²) in [6.45, 7) is 8.25. The van der Waals surface area contributed by atoms with Gasteiger partial charge in [0.15, 0.2) is 0 Å². The standard InChI is InChI=1S/C18H25N3O6/c1-4-19(5-2)13(3)12-26-15-9-6-8-14-16(15)18(23)20(17(14)22)10-7-11-27-21(24)25/h6,8-9,13H,4-5,7,10-12H2,1-3H3. The second kappa shape index (κ2) is 9.31. The Morgan fingerprint density at radius 3 is 2.56 bits per heavy atom. The van der Waals surface area contributed by atoms with Crippen molar-refractivity contribution < 1.29 is 24.3 Å². The molecule has 1 aromatic rings. The minimum Gasteiger partial charge on any atom is -0.491 e. The number of hydrogen-bond donors (Lipinski definition) is 0. The summed E-state index contributed by atoms with van der Waals surface area (Å²) in [5.74, 6) is -0.477. The molecule has 0 radical (unpaired) electrons. The number of ether oxygens (including phenoxy) is 1. The molecule has 0 fully saturated rings. The number of rotatable bonds is 11. The molecule has 1 aliphatic heterocycles. The van der Waals surface area contributed by atoms with Crippen LogP contribution in [0, 0.1) is 10.1 Å². The SMILES string of the molecule is CCN(CC)C(C)COc1cccc2c1C(=O)N(CCCO[N+](=O)[O-])C2=O. The molecule has 0 saturated heterocycles. The van der Waals surface area contributed by atoms with E-state index >= 15 is 0 Å². The highest BCUT2D eigenvalue weighted by atomic mass is 16.9. The average molecular weight is 379 g/mol. The summed E-state index contributed by atoms with van der Waals surface area (Å²) in [5, 5.41) is 9.28. The molecule has 1 aliphatic rings. The first-order valence-corrected chi connectivity index (χ1v) is 9.04. The number of benzene rings is 1. The Kier molecular flexibility index (Phi) is 7.12. The third-order valence-corrected chi connectivity index (χ3v) is 4.60. The van der Waals surface area contributed by atoms with Crippen LogP contribution < -0.4 is 4.74 Å². The van der Waals surface area contributed by atoms with E-state index in [1.54, 1.807) is 18.2 Å². The van der Waals surface area contributed by atoms with Crippen LogP contribution in [-0.4, -0.2) is 65.6 Å². The third-order valence-electron chi connectivity index (χ3n) is 4.60. The predicted molar refractivity (Wildman–Crippen MR) is 97.3 cm³/mol. The molecule has 2 amide bonds. The molecule has 0 aliphatic carbocycles. The first kappa shape index (κ1) is 20.6. The summed E-state index contributed by atoms with van der Waals surface area (Å²) in [6, 6.07) is 5.11. The maximum atomic E-state index is 12.7. The van der Waals surface area contributed by atoms with Crippen molar-refractivity contribution in [3.63, 3.8) is 0 Å². The lowest BCUT2D eigenvalue weighted by molar-refractivity contribution is -0.757. The predicted octanol–water partition coefficient (Wildman–Crippen LogP) is 1.99. The van der Waals surface area contributed by atoms with Crippen molar-refractivity contribution in [1.82, 2.24) is 9.80 Å². The fraction of sp³-hybridized carbons (Fsp3) is 0.556. The number of likely N-dealkylation sites (N-methyl/N-ethyl adjacent to an activating group) is 1. The molecule has 2 rings (SSSR count). The molecule has 0 spiro atoms. The van der Waals surface area contributed by atoms with Gasteiger partial charge in [-0.2, -0.15) is 0 Å². The topological polar surface area (TPSA) is 102 Å². The average Bonchev–Trinajstić information content (AvgIpc) is 2.89. The molecular formula is C18H25N3O6. The number of carbonyl (C=O) groups is 2. The highest BCUT2D eigenvalue weighted by Gasteiger charge is 2.37. The van der Waals surface area contributed by atoms with Crippen LogP contribution in [0.5, 0.6) is 5.75 Å². The van der Waals surface area contributed by atoms with E-state index in [4.69, 9.17) is 4.74 Å². The minimum atomic E-state index is -0.897. The summed E-state index contributed by atoms with van der Waals surface area (Å²) >= 11 is 0. The van der Waals surface area contributed by atoms with Gasteiger partial charge in [-0.3, -0.25) is 19.4 Å². The second-order valence-corrected chi connectivity index (χ2v) is 6.23. The van der Waals surface area contributed by atoms with Crippen molar-refractivity contribution in [3.8, 4) is 5.75 Å². The van der Waals surface area contributed by atoms with Gasteiger partial charge in [-0.25, -0.2) is 0 Å². The van der Waals surface area contributed by atoms with Crippen molar-refractivity contribution >= 4 is 11.8 Å². The molecule has 0 aromatic heterocycles. The second-order valence-electron chi connectivity index (χ2n) is 6.23. The van der Waals surface area contributed by atoms with Crippen LogP contribution in [0.15, 0.2) is 18.2 Å². The largest absolute Gasteiger partial charge is 0.491 e. The summed E-state index contributed by atoms with van der Waals surface area (Å²) in [5.41, 5.74) is 0.549. The van der Waals surface area contributed by atoms with Crippen molar-refractivity contribution in [2.45, 2.75) is 33.2 Å². The Balaban J connectivity index is 2.07. The number of amides is 2. The van der Waals surface area contributed by atoms with Gasteiger partial charge in [0.1, 0.15) is 12.4 Å². The zero-order valence-corrected chi connectivity index (χ0v) is 15.8. The first-order chi connectivity index (χ1) is 12.9. The molecule has 1 atom stereocenters. The van der Waals surface area contributed by atoms with Crippen molar-refractivity contribution in [1.29, 1.82) is 0 Å². The van der Waals surface area contributed by atoms with Gasteiger partial charge in [0, 0.05) is 12.6 Å². The molecule has 1 aromatic carbocycles. The molecule has 9 nitrogen and oxygen atoms in total. The summed E-state index contributed by atoms with van der Waals surface area (Å²) in [7, 11) is 0. The van der Waals surface area contributed by atoms with E-state index < -0.39 is 16.9 Å². The van der Waals surface area contributed by atoms with Gasteiger partial charge < -0.3 is 9.57 Å². The van der Waals surface area contributed by atoms with E-state index in [9.17, 15) is 19.7 Å². The van der Waals surface area contributed by atoms with Crippen LogP contribution in [0.2, 0.25) is 0 Å². The van der Waals surface area contributed by atoms with Crippen LogP contribution in [0.4, 0.5) is 0 Å². The fourth-order valence-electron chi connectivity index (χ4n) is 3.15. The minimum absolute atomic E-state index is 0.0511. The quantitative estimate of drug-likeness (QED) is 0.251. The summed E-state index contributed by atoms with van der Waals surface area (Å²) in [6.07, 6.45) is 0.182. The zero-order chi connectivity index (χ0) is 20.0. The lowest BCUT2D eigenvalue weighted by atomic mass is 10.1. The van der Waals surface area contributed by atoms with Gasteiger partial charge >= 0.3 is 0 Å². The number of nitrogens with zero attached hydrogens (tertiary/aromatic N) is 3. The van der Waals surface area contributed by atoms with Gasteiger partial charge in [-0.05, 0) is 38.6 Å². The van der Waals surface area contributed by atoms with Gasteiger partial charge in [-0.1, -0.05) is 19.9 Å². The van der Waals surface area contributed by atoms with Gasteiger partial charge in [-0.15, -0.1) is 10.1 Å². The first-order valence-electron chi connectivity index (χ1n) is 9.04. The maximum absolute atomic E-state index is 12.7. The monoisotopic (exact) mass is 379 g/mol. The molecule has 0 N–H and O–H groups in total. The Hall–Kier alpha value is -2.68. The van der Waals surface area contributed by atoms with Gasteiger partial charge in [0.2, 0.25) is 0 Å². The van der Waals surface area contributed by atoms with E-state index in [1.807, 2.05) is 6.92 Å². The summed E-state index contributed by atoms with van der Waals surface area (Å²) in [4.78, 5) is 42.9. The smallest absolute Gasteiger partial charge is 0.294 e. The number of imide groups is 1. The number of hydrogen-bond acceptors (Lipinski definition) is 7. The molecule has 1 unspecified atom stereocenters. The highest BCUT2D eigenvalue weighted by Crippen LogP contribution is 2.31. The maximum Gasteiger partial charge on any atom is 0.294 e. The molecule has 0 bridgehead atoms. The van der Waals surface area contributed by atoms with Crippen molar-refractivity contribution in [2.24, 2.45) is 0 Å². The van der Waals surface area contributed by atoms with Crippen molar-refractivity contribution in [2.75, 3.05) is 32.8 Å². The number of carbonyl (C=O) groups excluding carboxylic acids is 2. The lowest BCUT2D eigenvalue weighted by Crippen LogP contribution is -2.37. The van der Waals surface area contributed by atoms with E-state index in [0.717, 1.165) is 18.0 Å². The molecule has 1 heterocycles. The molecule has 27 heavy (non-hydrogen) atoms. The third kappa shape index (κ3) is 4.73. The Morgan fingerprint density at radius 2 is 1.93 bits per heavy atom. The van der Waals surface area contributed by atoms with E-state index in [2.05, 4.69) is 23.6 Å². The zero-order valence-electron chi connectivity index (χ0n) is 15.8. The van der Waals surface area contributed by atoms with Crippen LogP contribution >= 0.6 is 0 Å². The van der Waals surface area contributed by atoms with Crippen molar-refractivity contribution in [3.05, 3.63) is 39.4 Å². The molecular weight excluding hydrogens is 354 g/mol. The molecule has 9 heteroatoms. The molecule has 0 saturated carbocycles. The van der Waals surface area contributed by atoms with Crippen LogP contribution in [0.3, 0.4) is 0 Å². The van der Waals surface area contributed by atoms with Crippen LogP contribution in [0.1, 0.15) is 47.9 Å².